The Balaban J connectivity index is 2.80. The Labute approximate surface area is 72.0 Å². The molecule has 68 valence electrons. The maximum Gasteiger partial charge on any atom is 0.0540 e. The Kier molecular flexibility index (Phi) is 2.83. The average molecular weight is 169 g/mol. The van der Waals surface area contributed by atoms with Crippen molar-refractivity contribution in [2.75, 3.05) is 6.61 Å². The van der Waals surface area contributed by atoms with E-state index < -0.39 is 0 Å². The zero-order chi connectivity index (χ0) is 9.14. The van der Waals surface area contributed by atoms with Crippen molar-refractivity contribution >= 4 is 0 Å². The largest absolute Gasteiger partial charge is 0.396 e. The molecule has 0 unspecified atom stereocenters. The van der Waals surface area contributed by atoms with Crippen molar-refractivity contribution in [3.05, 3.63) is 17.5 Å². The molecule has 12 heavy (non-hydrogen) atoms. The second-order valence-electron chi connectivity index (χ2n) is 2.93. The van der Waals surface area contributed by atoms with Crippen molar-refractivity contribution < 1.29 is 5.11 Å². The summed E-state index contributed by atoms with van der Waals surface area (Å²) in [5.74, 6) is 0. The fourth-order valence-electron chi connectivity index (χ4n) is 1.17. The van der Waals surface area contributed by atoms with Crippen molar-refractivity contribution in [2.45, 2.75) is 19.4 Å². The molecule has 0 saturated carbocycles. The Morgan fingerprint density at radius 3 is 2.83 bits per heavy atom. The Morgan fingerprint density at radius 1 is 1.75 bits per heavy atom. The van der Waals surface area contributed by atoms with E-state index in [9.17, 15) is 0 Å². The predicted molar refractivity (Wildman–Crippen MR) is 46.6 cm³/mol. The van der Waals surface area contributed by atoms with Crippen LogP contribution in [0.1, 0.15) is 23.7 Å². The molecule has 1 aromatic rings. The first-order valence-corrected chi connectivity index (χ1v) is 4.01. The van der Waals surface area contributed by atoms with Crippen molar-refractivity contribution in [1.82, 2.24) is 9.78 Å². The normalized spacial score (nSPS) is 13.3. The molecule has 4 heteroatoms. The SMILES string of the molecule is Cc1c([C@@H](N)CCO)cnn1C. The van der Waals surface area contributed by atoms with E-state index in [0.717, 1.165) is 11.3 Å². The summed E-state index contributed by atoms with van der Waals surface area (Å²) < 4.78 is 1.78. The van der Waals surface area contributed by atoms with Gasteiger partial charge in [-0.05, 0) is 13.3 Å². The summed E-state index contributed by atoms with van der Waals surface area (Å²) in [5.41, 5.74) is 7.89. The lowest BCUT2D eigenvalue weighted by atomic mass is 10.1. The van der Waals surface area contributed by atoms with E-state index in [1.165, 1.54) is 0 Å². The third kappa shape index (κ3) is 1.65. The number of aliphatic hydroxyl groups excluding tert-OH is 1. The second kappa shape index (κ2) is 3.69. The van der Waals surface area contributed by atoms with Crippen LogP contribution >= 0.6 is 0 Å². The molecular formula is C8H15N3O. The number of aliphatic hydroxyl groups is 1. The first kappa shape index (κ1) is 9.22. The summed E-state index contributed by atoms with van der Waals surface area (Å²) in [6, 6.07) is -0.0938. The van der Waals surface area contributed by atoms with E-state index in [1.54, 1.807) is 10.9 Å². The standard InChI is InChI=1S/C8H15N3O/c1-6-7(5-10-11(6)2)8(9)3-4-12/h5,8,12H,3-4,9H2,1-2H3/t8-/m0/s1. The van der Waals surface area contributed by atoms with E-state index >= 15 is 0 Å². The molecule has 1 atom stereocenters. The molecule has 0 radical (unpaired) electrons. The van der Waals surface area contributed by atoms with Gasteiger partial charge in [0.2, 0.25) is 0 Å². The lowest BCUT2D eigenvalue weighted by Crippen LogP contribution is -2.12. The van der Waals surface area contributed by atoms with Gasteiger partial charge in [0.05, 0.1) is 6.20 Å². The van der Waals surface area contributed by atoms with Gasteiger partial charge in [0.1, 0.15) is 0 Å². The minimum Gasteiger partial charge on any atom is -0.396 e. The van der Waals surface area contributed by atoms with Gasteiger partial charge in [-0.15, -0.1) is 0 Å². The molecule has 0 amide bonds. The second-order valence-corrected chi connectivity index (χ2v) is 2.93. The summed E-state index contributed by atoms with van der Waals surface area (Å²) in [6.45, 7) is 2.09. The van der Waals surface area contributed by atoms with Crippen LogP contribution in [0.15, 0.2) is 6.20 Å². The zero-order valence-corrected chi connectivity index (χ0v) is 7.49. The van der Waals surface area contributed by atoms with Gasteiger partial charge < -0.3 is 10.8 Å². The van der Waals surface area contributed by atoms with Gasteiger partial charge in [-0.1, -0.05) is 0 Å². The molecule has 0 aliphatic carbocycles. The highest BCUT2D eigenvalue weighted by Crippen LogP contribution is 2.16. The Hall–Kier alpha value is -0.870. The van der Waals surface area contributed by atoms with E-state index in [1.807, 2.05) is 14.0 Å². The number of aromatic nitrogens is 2. The van der Waals surface area contributed by atoms with E-state index in [0.29, 0.717) is 6.42 Å². The molecule has 4 nitrogen and oxygen atoms in total. The molecule has 1 rings (SSSR count). The van der Waals surface area contributed by atoms with Crippen LogP contribution in [0.4, 0.5) is 0 Å². The van der Waals surface area contributed by atoms with Crippen LogP contribution in [0.5, 0.6) is 0 Å². The highest BCUT2D eigenvalue weighted by atomic mass is 16.3. The third-order valence-corrected chi connectivity index (χ3v) is 2.11. The van der Waals surface area contributed by atoms with Gasteiger partial charge in [-0.2, -0.15) is 5.10 Å². The van der Waals surface area contributed by atoms with Crippen LogP contribution in [-0.4, -0.2) is 21.5 Å². The smallest absolute Gasteiger partial charge is 0.0540 e. The molecule has 0 fully saturated rings. The van der Waals surface area contributed by atoms with Crippen molar-refractivity contribution in [3.63, 3.8) is 0 Å². The van der Waals surface area contributed by atoms with Gasteiger partial charge in [-0.25, -0.2) is 0 Å². The van der Waals surface area contributed by atoms with E-state index in [-0.39, 0.29) is 12.6 Å². The third-order valence-electron chi connectivity index (χ3n) is 2.11. The summed E-state index contributed by atoms with van der Waals surface area (Å²) in [6.07, 6.45) is 2.35. The predicted octanol–water partition coefficient (Wildman–Crippen LogP) is 0.111. The van der Waals surface area contributed by atoms with Crippen LogP contribution in [0, 0.1) is 6.92 Å². The van der Waals surface area contributed by atoms with Crippen molar-refractivity contribution in [3.8, 4) is 0 Å². The molecule has 0 bridgehead atoms. The van der Waals surface area contributed by atoms with Crippen LogP contribution in [0.25, 0.3) is 0 Å². The lowest BCUT2D eigenvalue weighted by molar-refractivity contribution is 0.276. The monoisotopic (exact) mass is 169 g/mol. The van der Waals surface area contributed by atoms with Crippen molar-refractivity contribution in [2.24, 2.45) is 12.8 Å². The molecule has 0 spiro atoms. The summed E-state index contributed by atoms with van der Waals surface area (Å²) in [7, 11) is 1.88. The van der Waals surface area contributed by atoms with Gasteiger partial charge in [0.15, 0.2) is 0 Å². The Morgan fingerprint density at radius 2 is 2.42 bits per heavy atom. The first-order chi connectivity index (χ1) is 5.66. The molecule has 0 aromatic carbocycles. The molecule has 3 N–H and O–H groups in total. The molecule has 0 aliphatic heterocycles. The fourth-order valence-corrected chi connectivity index (χ4v) is 1.17. The molecule has 1 heterocycles. The van der Waals surface area contributed by atoms with Crippen LogP contribution < -0.4 is 5.73 Å². The molecule has 1 aromatic heterocycles. The minimum atomic E-state index is -0.0938. The minimum absolute atomic E-state index is 0.0938. The quantitative estimate of drug-likeness (QED) is 0.675. The zero-order valence-electron chi connectivity index (χ0n) is 7.49. The number of nitrogens with zero attached hydrogens (tertiary/aromatic N) is 2. The highest BCUT2D eigenvalue weighted by Gasteiger charge is 2.11. The van der Waals surface area contributed by atoms with E-state index in [2.05, 4.69) is 5.10 Å². The van der Waals surface area contributed by atoms with Gasteiger partial charge in [0.25, 0.3) is 0 Å². The summed E-state index contributed by atoms with van der Waals surface area (Å²) in [5, 5.41) is 12.8. The molecule has 0 aliphatic rings. The molecular weight excluding hydrogens is 154 g/mol. The summed E-state index contributed by atoms with van der Waals surface area (Å²) >= 11 is 0. The van der Waals surface area contributed by atoms with Crippen LogP contribution in [0.3, 0.4) is 0 Å². The maximum atomic E-state index is 8.69. The van der Waals surface area contributed by atoms with Crippen LogP contribution in [0.2, 0.25) is 0 Å². The van der Waals surface area contributed by atoms with Gasteiger partial charge in [0, 0.05) is 31.0 Å². The maximum absolute atomic E-state index is 8.69. The Bertz CT molecular complexity index is 257. The topological polar surface area (TPSA) is 64.1 Å². The van der Waals surface area contributed by atoms with Gasteiger partial charge >= 0.3 is 0 Å². The van der Waals surface area contributed by atoms with Crippen molar-refractivity contribution in [1.29, 1.82) is 0 Å². The summed E-state index contributed by atoms with van der Waals surface area (Å²) in [4.78, 5) is 0. The first-order valence-electron chi connectivity index (χ1n) is 4.01. The average Bonchev–Trinajstić information content (AvgIpc) is 2.34. The number of hydrogen-bond donors (Lipinski definition) is 2. The number of hydrogen-bond acceptors (Lipinski definition) is 3. The van der Waals surface area contributed by atoms with E-state index in [4.69, 9.17) is 10.8 Å². The number of aryl methyl sites for hydroxylation is 1. The lowest BCUT2D eigenvalue weighted by Gasteiger charge is -2.08. The van der Waals surface area contributed by atoms with Crippen LogP contribution in [-0.2, 0) is 7.05 Å². The number of nitrogens with two attached hydrogens (primary N) is 1. The fraction of sp³-hybridized carbons (Fsp3) is 0.625. The number of rotatable bonds is 3. The molecule has 0 saturated heterocycles. The highest BCUT2D eigenvalue weighted by molar-refractivity contribution is 5.19. The van der Waals surface area contributed by atoms with Gasteiger partial charge in [-0.3, -0.25) is 4.68 Å².